The molecule has 2 atom stereocenters. The molecule has 5 N–H and O–H groups in total. The van der Waals surface area contributed by atoms with Crippen LogP contribution in [0.3, 0.4) is 0 Å². The smallest absolute Gasteiger partial charge is 0.407 e. The minimum absolute atomic E-state index is 0.0474. The van der Waals surface area contributed by atoms with Gasteiger partial charge in [-0.2, -0.15) is 0 Å². The highest BCUT2D eigenvalue weighted by Gasteiger charge is 2.24. The van der Waals surface area contributed by atoms with Crippen molar-refractivity contribution in [2.45, 2.75) is 83.1 Å². The number of ether oxygens (including phenoxy) is 2. The highest BCUT2D eigenvalue weighted by molar-refractivity contribution is 5.89. The molecule has 9 heteroatoms. The molecule has 0 unspecified atom stereocenters. The molecule has 0 spiro atoms. The van der Waals surface area contributed by atoms with Gasteiger partial charge in [0.15, 0.2) is 0 Å². The van der Waals surface area contributed by atoms with Crippen molar-refractivity contribution in [1.29, 1.82) is 0 Å². The molecule has 0 radical (unpaired) electrons. The number of amides is 3. The predicted molar refractivity (Wildman–Crippen MR) is 159 cm³/mol. The zero-order chi connectivity index (χ0) is 29.1. The maximum Gasteiger partial charge on any atom is 0.407 e. The van der Waals surface area contributed by atoms with Crippen molar-refractivity contribution in [1.82, 2.24) is 16.0 Å². The second-order valence-corrected chi connectivity index (χ2v) is 10.7. The summed E-state index contributed by atoms with van der Waals surface area (Å²) in [6.45, 7) is 1.61. The lowest BCUT2D eigenvalue weighted by molar-refractivity contribution is -0.130. The third-order valence-corrected chi connectivity index (χ3v) is 7.36. The Labute approximate surface area is 243 Å². The van der Waals surface area contributed by atoms with Gasteiger partial charge >= 0.3 is 6.09 Å². The quantitative estimate of drug-likeness (QED) is 0.212. The first-order valence-electron chi connectivity index (χ1n) is 14.9. The first kappa shape index (κ1) is 32.1. The molecular formula is C32H46N4O5. The summed E-state index contributed by atoms with van der Waals surface area (Å²) < 4.78 is 10.9. The Morgan fingerprint density at radius 1 is 0.805 bits per heavy atom. The van der Waals surface area contributed by atoms with E-state index in [1.54, 1.807) is 0 Å². The molecule has 0 bridgehead atoms. The van der Waals surface area contributed by atoms with Crippen molar-refractivity contribution in [2.75, 3.05) is 19.7 Å². The van der Waals surface area contributed by atoms with Gasteiger partial charge in [-0.3, -0.25) is 9.59 Å². The van der Waals surface area contributed by atoms with E-state index in [0.29, 0.717) is 44.9 Å². The minimum Gasteiger partial charge on any atom is -0.445 e. The molecule has 1 fully saturated rings. The Kier molecular flexibility index (Phi) is 14.7. The van der Waals surface area contributed by atoms with Crippen LogP contribution >= 0.6 is 0 Å². The number of nitrogens with one attached hydrogen (secondary N) is 3. The standard InChI is InChI=1S/C32H46N4O5/c33-28(24-40-22-26-14-6-2-7-15-26)30(37)36-29(31(38)34-21-19-25-12-4-1-5-13-25)18-10-11-20-35-32(39)41-23-27-16-8-3-9-17-27/h2-3,6-9,14-17,25,28-29H,1,4-5,10-13,18-24,33H2,(H,34,38)(H,35,39)(H,36,37)/t28-,29-/m0/s1. The Morgan fingerprint density at radius 2 is 1.46 bits per heavy atom. The van der Waals surface area contributed by atoms with Crippen LogP contribution in [-0.4, -0.2) is 49.7 Å². The summed E-state index contributed by atoms with van der Waals surface area (Å²) in [7, 11) is 0. The fourth-order valence-electron chi connectivity index (χ4n) is 4.94. The number of carbonyl (C=O) groups is 3. The van der Waals surface area contributed by atoms with Crippen molar-refractivity contribution < 1.29 is 23.9 Å². The van der Waals surface area contributed by atoms with Crippen molar-refractivity contribution >= 4 is 17.9 Å². The van der Waals surface area contributed by atoms with Gasteiger partial charge in [0.05, 0.1) is 13.2 Å². The van der Waals surface area contributed by atoms with Crippen LogP contribution in [0.1, 0.15) is 68.9 Å². The number of carbonyl (C=O) groups excluding carboxylic acids is 3. The van der Waals surface area contributed by atoms with Gasteiger partial charge in [0.2, 0.25) is 11.8 Å². The summed E-state index contributed by atoms with van der Waals surface area (Å²) >= 11 is 0. The summed E-state index contributed by atoms with van der Waals surface area (Å²) in [4.78, 5) is 37.9. The van der Waals surface area contributed by atoms with Crippen molar-refractivity contribution in [2.24, 2.45) is 11.7 Å². The van der Waals surface area contributed by atoms with Gasteiger partial charge in [-0.1, -0.05) is 92.8 Å². The largest absolute Gasteiger partial charge is 0.445 e. The SMILES string of the molecule is N[C@@H](COCc1ccccc1)C(=O)N[C@@H](CCCCNC(=O)OCc1ccccc1)C(=O)NCCC1CCCCC1. The molecule has 41 heavy (non-hydrogen) atoms. The molecule has 9 nitrogen and oxygen atoms in total. The van der Waals surface area contributed by atoms with Crippen molar-refractivity contribution in [3.8, 4) is 0 Å². The van der Waals surface area contributed by atoms with E-state index >= 15 is 0 Å². The van der Waals surface area contributed by atoms with Crippen LogP contribution in [0.15, 0.2) is 60.7 Å². The summed E-state index contributed by atoms with van der Waals surface area (Å²) in [5.41, 5.74) is 7.99. The van der Waals surface area contributed by atoms with E-state index < -0.39 is 24.1 Å². The topological polar surface area (TPSA) is 132 Å². The highest BCUT2D eigenvalue weighted by Crippen LogP contribution is 2.25. The predicted octanol–water partition coefficient (Wildman–Crippen LogP) is 4.20. The van der Waals surface area contributed by atoms with Gasteiger partial charge in [-0.25, -0.2) is 4.79 Å². The molecule has 224 valence electrons. The lowest BCUT2D eigenvalue weighted by Gasteiger charge is -2.23. The molecule has 2 aromatic carbocycles. The zero-order valence-corrected chi connectivity index (χ0v) is 24.0. The van der Waals surface area contributed by atoms with Gasteiger partial charge in [0, 0.05) is 13.1 Å². The summed E-state index contributed by atoms with van der Waals surface area (Å²) in [5.74, 6) is 0.0231. The summed E-state index contributed by atoms with van der Waals surface area (Å²) in [5, 5.41) is 8.58. The Hall–Kier alpha value is -3.43. The third kappa shape index (κ3) is 13.2. The van der Waals surface area contributed by atoms with Gasteiger partial charge in [0.1, 0.15) is 18.7 Å². The van der Waals surface area contributed by atoms with E-state index in [4.69, 9.17) is 15.2 Å². The summed E-state index contributed by atoms with van der Waals surface area (Å²) in [6, 6.07) is 17.5. The molecule has 2 aromatic rings. The Bertz CT molecular complexity index is 1030. The molecule has 3 rings (SSSR count). The van der Waals surface area contributed by atoms with Gasteiger partial charge in [-0.15, -0.1) is 0 Å². The van der Waals surface area contributed by atoms with E-state index in [9.17, 15) is 14.4 Å². The van der Waals surface area contributed by atoms with Gasteiger partial charge in [-0.05, 0) is 42.7 Å². The number of hydrogen-bond donors (Lipinski definition) is 4. The normalized spacial score (nSPS) is 15.0. The number of hydrogen-bond acceptors (Lipinski definition) is 6. The first-order chi connectivity index (χ1) is 20.0. The zero-order valence-electron chi connectivity index (χ0n) is 24.0. The fraction of sp³-hybridized carbons (Fsp3) is 0.531. The van der Waals surface area contributed by atoms with Gasteiger partial charge < -0.3 is 31.2 Å². The van der Waals surface area contributed by atoms with Crippen molar-refractivity contribution in [3.63, 3.8) is 0 Å². The molecular weight excluding hydrogens is 520 g/mol. The second kappa shape index (κ2) is 18.8. The van der Waals surface area contributed by atoms with Crippen LogP contribution in [0.25, 0.3) is 0 Å². The lowest BCUT2D eigenvalue weighted by atomic mass is 9.87. The van der Waals surface area contributed by atoms with Crippen LogP contribution in [0, 0.1) is 5.92 Å². The molecule has 0 saturated heterocycles. The van der Waals surface area contributed by atoms with Crippen LogP contribution in [-0.2, 0) is 32.3 Å². The number of rotatable bonds is 17. The number of benzene rings is 2. The number of nitrogens with two attached hydrogens (primary N) is 1. The molecule has 3 amide bonds. The van der Waals surface area contributed by atoms with Crippen molar-refractivity contribution in [3.05, 3.63) is 71.8 Å². The maximum absolute atomic E-state index is 13.0. The van der Waals surface area contributed by atoms with Crippen LogP contribution < -0.4 is 21.7 Å². The monoisotopic (exact) mass is 566 g/mol. The molecule has 1 saturated carbocycles. The minimum atomic E-state index is -0.891. The van der Waals surface area contributed by atoms with E-state index in [-0.39, 0.29) is 19.1 Å². The molecule has 1 aliphatic rings. The van der Waals surface area contributed by atoms with E-state index in [1.807, 2.05) is 60.7 Å². The van der Waals surface area contributed by atoms with Gasteiger partial charge in [0.25, 0.3) is 0 Å². The average molecular weight is 567 g/mol. The van der Waals surface area contributed by atoms with E-state index in [2.05, 4.69) is 16.0 Å². The molecule has 1 aliphatic carbocycles. The van der Waals surface area contributed by atoms with E-state index in [0.717, 1.165) is 17.5 Å². The Balaban J connectivity index is 1.40. The molecule has 0 heterocycles. The molecule has 0 aromatic heterocycles. The third-order valence-electron chi connectivity index (χ3n) is 7.36. The fourth-order valence-corrected chi connectivity index (χ4v) is 4.94. The Morgan fingerprint density at radius 3 is 2.15 bits per heavy atom. The highest BCUT2D eigenvalue weighted by atomic mass is 16.5. The van der Waals surface area contributed by atoms with Crippen LogP contribution in [0.4, 0.5) is 4.79 Å². The number of alkyl carbamates (subject to hydrolysis) is 1. The maximum atomic E-state index is 13.0. The van der Waals surface area contributed by atoms with E-state index in [1.165, 1.54) is 32.1 Å². The average Bonchev–Trinajstić information content (AvgIpc) is 3.00. The van der Waals surface area contributed by atoms with Crippen LogP contribution in [0.2, 0.25) is 0 Å². The first-order valence-corrected chi connectivity index (χ1v) is 14.9. The molecule has 0 aliphatic heterocycles. The second-order valence-electron chi connectivity index (χ2n) is 10.7. The lowest BCUT2D eigenvalue weighted by Crippen LogP contribution is -2.53. The number of unbranched alkanes of at least 4 members (excludes halogenated alkanes) is 1. The van der Waals surface area contributed by atoms with Crippen LogP contribution in [0.5, 0.6) is 0 Å². The summed E-state index contributed by atoms with van der Waals surface area (Å²) in [6.07, 6.45) is 8.40.